The molecule has 3 N–H and O–H groups in total. The normalized spacial score (nSPS) is 12.4. The van der Waals surface area contributed by atoms with Gasteiger partial charge in [-0.3, -0.25) is 0 Å². The minimum atomic E-state index is -1.00. The molecule has 0 fully saturated rings. The van der Waals surface area contributed by atoms with E-state index >= 15 is 0 Å². The summed E-state index contributed by atoms with van der Waals surface area (Å²) in [5, 5.41) is 27.5. The van der Waals surface area contributed by atoms with E-state index < -0.39 is 17.9 Å². The number of carboxylic acid groups (broad SMARTS) is 3. The number of benzene rings is 3. The summed E-state index contributed by atoms with van der Waals surface area (Å²) in [6.45, 7) is 0. The van der Waals surface area contributed by atoms with E-state index in [0.717, 1.165) is 33.8 Å². The van der Waals surface area contributed by atoms with Crippen molar-refractivity contribution < 1.29 is 89.7 Å². The first-order valence-corrected chi connectivity index (χ1v) is 10.1. The maximum Gasteiger partial charge on any atom is 0.335 e. The Labute approximate surface area is 247 Å². The van der Waals surface area contributed by atoms with Gasteiger partial charge in [0.25, 0.3) is 0 Å². The van der Waals surface area contributed by atoms with Crippen LogP contribution in [0.25, 0.3) is 11.1 Å². The minimum Gasteiger partial charge on any atom is -0.478 e. The van der Waals surface area contributed by atoms with Gasteiger partial charge in [0.2, 0.25) is 0 Å². The number of carboxylic acids is 3. The van der Waals surface area contributed by atoms with E-state index in [1.165, 1.54) is 0 Å². The summed E-state index contributed by atoms with van der Waals surface area (Å²) in [5.41, 5.74) is 4.99. The monoisotopic (exact) mass is 642 g/mol. The first-order valence-electron chi connectivity index (χ1n) is 10.1. The van der Waals surface area contributed by atoms with E-state index in [-0.39, 0.29) is 76.7 Å². The summed E-state index contributed by atoms with van der Waals surface area (Å²) in [5.74, 6) is -2.03. The second-order valence-corrected chi connectivity index (χ2v) is 7.62. The maximum absolute atomic E-state index is 11.2. The number of rotatable bonds is 6. The van der Waals surface area contributed by atoms with Crippen LogP contribution in [0.3, 0.4) is 0 Å². The molecule has 0 saturated carbocycles. The van der Waals surface area contributed by atoms with Crippen LogP contribution in [0.5, 0.6) is 0 Å². The standard InChI is InChI=1S/C27H19O6.Cd.Y/c28-25(29)19-7-1-16(2-8-19)22-13-23(17-3-9-20(10-4-17)26(30)31)15-24(14-22)18-5-11-21(12-6-18)27(32)33;;/h1-14H,15H2,(H,28,29)(H,30,31)(H,32,33);;/q-1;;. The van der Waals surface area contributed by atoms with Gasteiger partial charge in [-0.15, -0.1) is 29.7 Å². The van der Waals surface area contributed by atoms with Crippen LogP contribution in [0, 0.1) is 5.92 Å². The summed E-state index contributed by atoms with van der Waals surface area (Å²) in [6.07, 6.45) is 4.57. The van der Waals surface area contributed by atoms with Crippen LogP contribution in [0.15, 0.2) is 84.9 Å². The van der Waals surface area contributed by atoms with Crippen molar-refractivity contribution in [1.82, 2.24) is 0 Å². The van der Waals surface area contributed by atoms with Crippen LogP contribution < -0.4 is 0 Å². The number of hydrogen-bond donors (Lipinski definition) is 3. The Bertz CT molecular complexity index is 1290. The van der Waals surface area contributed by atoms with E-state index in [0.29, 0.717) is 6.42 Å². The molecule has 4 rings (SSSR count). The largest absolute Gasteiger partial charge is 0.478 e. The Morgan fingerprint density at radius 1 is 0.629 bits per heavy atom. The van der Waals surface area contributed by atoms with E-state index in [4.69, 9.17) is 0 Å². The third kappa shape index (κ3) is 6.77. The van der Waals surface area contributed by atoms with Gasteiger partial charge in [0.05, 0.1) is 11.1 Å². The molecule has 0 amide bonds. The fourth-order valence-corrected chi connectivity index (χ4v) is 3.72. The topological polar surface area (TPSA) is 112 Å². The van der Waals surface area contributed by atoms with Crippen LogP contribution in [0.1, 0.15) is 54.2 Å². The fourth-order valence-electron chi connectivity index (χ4n) is 3.72. The van der Waals surface area contributed by atoms with Gasteiger partial charge >= 0.3 is 17.9 Å². The van der Waals surface area contributed by atoms with E-state index in [1.54, 1.807) is 72.8 Å². The fraction of sp³-hybridized carbons (Fsp3) is 0.0370. The third-order valence-electron chi connectivity index (χ3n) is 5.51. The Morgan fingerprint density at radius 2 is 1.03 bits per heavy atom. The molecular formula is C27H19CdO6Y-. The van der Waals surface area contributed by atoms with Crippen molar-refractivity contribution in [3.8, 4) is 0 Å². The maximum atomic E-state index is 11.2. The van der Waals surface area contributed by atoms with Crippen molar-refractivity contribution in [1.29, 1.82) is 0 Å². The number of carbonyl (C=O) groups is 3. The van der Waals surface area contributed by atoms with E-state index in [1.807, 2.05) is 12.2 Å². The summed E-state index contributed by atoms with van der Waals surface area (Å²) < 4.78 is 0. The van der Waals surface area contributed by atoms with Crippen molar-refractivity contribution in [2.75, 3.05) is 0 Å². The second kappa shape index (κ2) is 12.4. The number of aromatic carboxylic acids is 3. The molecule has 0 heterocycles. The number of hydrogen-bond acceptors (Lipinski definition) is 3. The SMILES string of the molecule is O=C(O)c1ccc(C2=C[C-](c3ccc(C(=O)O)cc3)CC(c3ccc(C(=O)O)cc3)=C2)cc1.[Cd].[Y]. The molecule has 1 radical (unpaired) electrons. The molecule has 1 aliphatic carbocycles. The molecule has 1 aliphatic rings. The summed E-state index contributed by atoms with van der Waals surface area (Å²) in [6, 6.07) is 19.8. The zero-order valence-electron chi connectivity index (χ0n) is 18.6. The molecule has 0 saturated heterocycles. The molecule has 0 unspecified atom stereocenters. The summed E-state index contributed by atoms with van der Waals surface area (Å²) in [7, 11) is 0. The van der Waals surface area contributed by atoms with Gasteiger partial charge < -0.3 is 15.3 Å². The van der Waals surface area contributed by atoms with Crippen molar-refractivity contribution in [2.24, 2.45) is 0 Å². The van der Waals surface area contributed by atoms with Gasteiger partial charge in [-0.1, -0.05) is 59.2 Å². The predicted octanol–water partition coefficient (Wildman–Crippen LogP) is 5.27. The van der Waals surface area contributed by atoms with Crippen molar-refractivity contribution >= 4 is 29.1 Å². The quantitative estimate of drug-likeness (QED) is 0.250. The molecule has 3 aromatic carbocycles. The van der Waals surface area contributed by atoms with Gasteiger partial charge in [-0.05, 0) is 36.2 Å². The van der Waals surface area contributed by atoms with Crippen LogP contribution in [0.4, 0.5) is 0 Å². The zero-order valence-corrected chi connectivity index (χ0v) is 25.5. The van der Waals surface area contributed by atoms with Gasteiger partial charge in [0, 0.05) is 65.6 Å². The Kier molecular flexibility index (Phi) is 10.2. The second-order valence-electron chi connectivity index (χ2n) is 7.62. The molecule has 0 aromatic heterocycles. The molecule has 6 nitrogen and oxygen atoms in total. The molecule has 0 atom stereocenters. The molecule has 8 heteroatoms. The van der Waals surface area contributed by atoms with Crippen LogP contribution >= 0.6 is 0 Å². The average molecular weight is 641 g/mol. The average Bonchev–Trinajstić information content (AvgIpc) is 2.84. The Morgan fingerprint density at radius 3 is 1.46 bits per heavy atom. The van der Waals surface area contributed by atoms with Gasteiger partial charge in [-0.25, -0.2) is 14.4 Å². The first-order chi connectivity index (χ1) is 15.8. The number of allylic oxidation sites excluding steroid dienone is 4. The molecule has 169 valence electrons. The van der Waals surface area contributed by atoms with Crippen molar-refractivity contribution in [3.05, 3.63) is 124 Å². The van der Waals surface area contributed by atoms with Gasteiger partial charge in [-0.2, -0.15) is 0 Å². The smallest absolute Gasteiger partial charge is 0.335 e. The first kappa shape index (κ1) is 28.7. The van der Waals surface area contributed by atoms with Gasteiger partial charge in [0.15, 0.2) is 0 Å². The predicted molar refractivity (Wildman–Crippen MR) is 123 cm³/mol. The van der Waals surface area contributed by atoms with E-state index in [9.17, 15) is 29.7 Å². The van der Waals surface area contributed by atoms with Crippen LogP contribution in [-0.2, 0) is 60.0 Å². The van der Waals surface area contributed by atoms with Crippen LogP contribution in [-0.4, -0.2) is 33.2 Å². The molecular weight excluding hydrogens is 622 g/mol. The Hall–Kier alpha value is -2.55. The molecule has 0 bridgehead atoms. The molecule has 0 spiro atoms. The minimum absolute atomic E-state index is 0. The zero-order chi connectivity index (χ0) is 23.5. The van der Waals surface area contributed by atoms with Crippen molar-refractivity contribution in [2.45, 2.75) is 6.42 Å². The Balaban J connectivity index is 0.00000216. The summed E-state index contributed by atoms with van der Waals surface area (Å²) in [4.78, 5) is 33.6. The van der Waals surface area contributed by atoms with Crippen LogP contribution in [0.2, 0.25) is 0 Å². The third-order valence-corrected chi connectivity index (χ3v) is 5.51. The van der Waals surface area contributed by atoms with Gasteiger partial charge in [0.1, 0.15) is 0 Å². The van der Waals surface area contributed by atoms with E-state index in [2.05, 4.69) is 0 Å². The van der Waals surface area contributed by atoms with Crippen molar-refractivity contribution in [3.63, 3.8) is 0 Å². The molecule has 0 aliphatic heterocycles. The molecule has 3 aromatic rings. The molecule has 35 heavy (non-hydrogen) atoms. The summed E-state index contributed by atoms with van der Waals surface area (Å²) >= 11 is 0.